The SMILES string of the molecule is COCC(CCBr)NC(=O)c1sc(C)nc1C. The smallest absolute Gasteiger partial charge is 0.263 e. The summed E-state index contributed by atoms with van der Waals surface area (Å²) in [5.74, 6) is -0.0592. The second-order valence-corrected chi connectivity index (χ2v) is 5.75. The lowest BCUT2D eigenvalue weighted by Gasteiger charge is -2.16. The number of thiazole rings is 1. The third kappa shape index (κ3) is 4.37. The van der Waals surface area contributed by atoms with Gasteiger partial charge in [-0.3, -0.25) is 4.79 Å². The molecule has 1 unspecified atom stereocenters. The predicted molar refractivity (Wildman–Crippen MR) is 73.1 cm³/mol. The molecule has 0 saturated carbocycles. The Morgan fingerprint density at radius 2 is 2.29 bits per heavy atom. The topological polar surface area (TPSA) is 51.2 Å². The van der Waals surface area contributed by atoms with Crippen molar-refractivity contribution in [2.75, 3.05) is 19.0 Å². The molecule has 1 heterocycles. The van der Waals surface area contributed by atoms with Crippen LogP contribution in [-0.2, 0) is 4.74 Å². The molecule has 6 heteroatoms. The predicted octanol–water partition coefficient (Wildman–Crippen LogP) is 2.29. The summed E-state index contributed by atoms with van der Waals surface area (Å²) in [5, 5.41) is 4.71. The second-order valence-electron chi connectivity index (χ2n) is 3.75. The van der Waals surface area contributed by atoms with Crippen LogP contribution in [-0.4, -0.2) is 36.0 Å². The molecule has 0 aliphatic carbocycles. The lowest BCUT2D eigenvalue weighted by atomic mass is 10.2. The first-order valence-electron chi connectivity index (χ1n) is 5.38. The molecule has 0 bridgehead atoms. The summed E-state index contributed by atoms with van der Waals surface area (Å²) < 4.78 is 5.08. The molecule has 1 N–H and O–H groups in total. The van der Waals surface area contributed by atoms with Crippen molar-refractivity contribution < 1.29 is 9.53 Å². The first-order valence-corrected chi connectivity index (χ1v) is 7.32. The van der Waals surface area contributed by atoms with Gasteiger partial charge in [0, 0.05) is 12.4 Å². The lowest BCUT2D eigenvalue weighted by molar-refractivity contribution is 0.0898. The van der Waals surface area contributed by atoms with E-state index in [1.54, 1.807) is 7.11 Å². The van der Waals surface area contributed by atoms with E-state index >= 15 is 0 Å². The van der Waals surface area contributed by atoms with E-state index < -0.39 is 0 Å². The van der Waals surface area contributed by atoms with E-state index in [1.165, 1.54) is 11.3 Å². The monoisotopic (exact) mass is 320 g/mol. The largest absolute Gasteiger partial charge is 0.383 e. The van der Waals surface area contributed by atoms with Gasteiger partial charge in [-0.1, -0.05) is 15.9 Å². The zero-order valence-corrected chi connectivity index (χ0v) is 12.7. The van der Waals surface area contributed by atoms with Crippen molar-refractivity contribution in [3.63, 3.8) is 0 Å². The minimum absolute atomic E-state index is 0.0358. The molecule has 0 radical (unpaired) electrons. The van der Waals surface area contributed by atoms with E-state index in [9.17, 15) is 4.79 Å². The van der Waals surface area contributed by atoms with Crippen LogP contribution in [0.4, 0.5) is 0 Å². The molecule has 1 atom stereocenters. The normalized spacial score (nSPS) is 12.5. The summed E-state index contributed by atoms with van der Waals surface area (Å²) in [7, 11) is 1.63. The van der Waals surface area contributed by atoms with Crippen molar-refractivity contribution in [1.82, 2.24) is 10.3 Å². The molecule has 0 aliphatic heterocycles. The Labute approximate surface area is 114 Å². The molecule has 96 valence electrons. The third-order valence-corrected chi connectivity index (χ3v) is 3.80. The number of alkyl halides is 1. The van der Waals surface area contributed by atoms with Crippen LogP contribution in [0.3, 0.4) is 0 Å². The number of rotatable bonds is 6. The molecule has 17 heavy (non-hydrogen) atoms. The van der Waals surface area contributed by atoms with Gasteiger partial charge in [-0.2, -0.15) is 0 Å². The van der Waals surface area contributed by atoms with Crippen molar-refractivity contribution in [3.05, 3.63) is 15.6 Å². The minimum Gasteiger partial charge on any atom is -0.383 e. The van der Waals surface area contributed by atoms with Gasteiger partial charge in [0.15, 0.2) is 0 Å². The molecular weight excluding hydrogens is 304 g/mol. The molecule has 1 rings (SSSR count). The van der Waals surface area contributed by atoms with Crippen LogP contribution in [0.25, 0.3) is 0 Å². The zero-order chi connectivity index (χ0) is 12.8. The van der Waals surface area contributed by atoms with Gasteiger partial charge in [0.1, 0.15) is 4.88 Å². The van der Waals surface area contributed by atoms with Crippen molar-refractivity contribution >= 4 is 33.2 Å². The molecule has 1 aromatic rings. The van der Waals surface area contributed by atoms with Gasteiger partial charge in [0.25, 0.3) is 5.91 Å². The highest BCUT2D eigenvalue weighted by molar-refractivity contribution is 9.09. The van der Waals surface area contributed by atoms with Crippen LogP contribution in [0, 0.1) is 13.8 Å². The number of nitrogens with one attached hydrogen (secondary N) is 1. The zero-order valence-electron chi connectivity index (χ0n) is 10.2. The number of carbonyl (C=O) groups is 1. The number of nitrogens with zero attached hydrogens (tertiary/aromatic N) is 1. The Balaban J connectivity index is 2.66. The molecule has 4 nitrogen and oxygen atoms in total. The summed E-state index contributed by atoms with van der Waals surface area (Å²) >= 11 is 4.79. The van der Waals surface area contributed by atoms with E-state index in [4.69, 9.17) is 4.74 Å². The van der Waals surface area contributed by atoms with Gasteiger partial charge in [0.2, 0.25) is 0 Å². The van der Waals surface area contributed by atoms with Crippen molar-refractivity contribution in [3.8, 4) is 0 Å². The van der Waals surface area contributed by atoms with Gasteiger partial charge < -0.3 is 10.1 Å². The summed E-state index contributed by atoms with van der Waals surface area (Å²) in [6, 6.07) is 0.0358. The Morgan fingerprint density at radius 3 is 2.76 bits per heavy atom. The van der Waals surface area contributed by atoms with Crippen LogP contribution in [0.2, 0.25) is 0 Å². The molecule has 0 aromatic carbocycles. The average molecular weight is 321 g/mol. The van der Waals surface area contributed by atoms with Gasteiger partial charge in [-0.15, -0.1) is 11.3 Å². The van der Waals surface area contributed by atoms with Gasteiger partial charge in [-0.25, -0.2) is 4.98 Å². The fraction of sp³-hybridized carbons (Fsp3) is 0.636. The Hall–Kier alpha value is -0.460. The van der Waals surface area contributed by atoms with Crippen molar-refractivity contribution in [2.45, 2.75) is 26.3 Å². The number of hydrogen-bond acceptors (Lipinski definition) is 4. The Bertz CT molecular complexity index is 376. The standard InChI is InChI=1S/C11H17BrN2O2S/c1-7-10(17-8(2)13-7)11(15)14-9(4-5-12)6-16-3/h9H,4-6H2,1-3H3,(H,14,15). The number of amides is 1. The minimum atomic E-state index is -0.0592. The Morgan fingerprint density at radius 1 is 1.59 bits per heavy atom. The maximum atomic E-state index is 12.0. The molecule has 1 aromatic heterocycles. The summed E-state index contributed by atoms with van der Waals surface area (Å²) in [6.45, 7) is 4.28. The first-order chi connectivity index (χ1) is 8.08. The number of aromatic nitrogens is 1. The fourth-order valence-electron chi connectivity index (χ4n) is 1.52. The number of carbonyl (C=O) groups excluding carboxylic acids is 1. The van der Waals surface area contributed by atoms with E-state index in [1.807, 2.05) is 13.8 Å². The van der Waals surface area contributed by atoms with Crippen LogP contribution in [0.1, 0.15) is 26.8 Å². The number of methoxy groups -OCH3 is 1. The lowest BCUT2D eigenvalue weighted by Crippen LogP contribution is -2.38. The van der Waals surface area contributed by atoms with Gasteiger partial charge in [0.05, 0.1) is 23.4 Å². The highest BCUT2D eigenvalue weighted by Crippen LogP contribution is 2.17. The fourth-order valence-corrected chi connectivity index (χ4v) is 2.90. The van der Waals surface area contributed by atoms with Crippen molar-refractivity contribution in [2.24, 2.45) is 0 Å². The van der Waals surface area contributed by atoms with Crippen LogP contribution in [0.15, 0.2) is 0 Å². The van der Waals surface area contributed by atoms with Gasteiger partial charge in [-0.05, 0) is 20.3 Å². The molecule has 0 aliphatic rings. The van der Waals surface area contributed by atoms with E-state index in [-0.39, 0.29) is 11.9 Å². The number of halogens is 1. The van der Waals surface area contributed by atoms with Crippen LogP contribution in [0.5, 0.6) is 0 Å². The molecule has 0 saturated heterocycles. The van der Waals surface area contributed by atoms with E-state index in [2.05, 4.69) is 26.2 Å². The molecule has 0 spiro atoms. The van der Waals surface area contributed by atoms with E-state index in [0.29, 0.717) is 11.5 Å². The Kier molecular flexibility index (Phi) is 6.08. The number of hydrogen-bond donors (Lipinski definition) is 1. The quantitative estimate of drug-likeness (QED) is 0.818. The van der Waals surface area contributed by atoms with Crippen LogP contribution < -0.4 is 5.32 Å². The maximum absolute atomic E-state index is 12.0. The average Bonchev–Trinajstić information content (AvgIpc) is 2.58. The summed E-state index contributed by atoms with van der Waals surface area (Å²) in [5.41, 5.74) is 0.792. The molecule has 0 fully saturated rings. The second kappa shape index (κ2) is 7.08. The van der Waals surface area contributed by atoms with Crippen molar-refractivity contribution in [1.29, 1.82) is 0 Å². The van der Waals surface area contributed by atoms with Crippen LogP contribution >= 0.6 is 27.3 Å². The highest BCUT2D eigenvalue weighted by Gasteiger charge is 2.17. The summed E-state index contributed by atoms with van der Waals surface area (Å²) in [4.78, 5) is 17.0. The van der Waals surface area contributed by atoms with E-state index in [0.717, 1.165) is 22.5 Å². The number of aryl methyl sites for hydroxylation is 2. The third-order valence-electron chi connectivity index (χ3n) is 2.27. The first kappa shape index (κ1) is 14.6. The molecular formula is C11H17BrN2O2S. The number of ether oxygens (including phenoxy) is 1. The highest BCUT2D eigenvalue weighted by atomic mass is 79.9. The maximum Gasteiger partial charge on any atom is 0.263 e. The van der Waals surface area contributed by atoms with Gasteiger partial charge >= 0.3 is 0 Å². The molecule has 1 amide bonds. The summed E-state index contributed by atoms with van der Waals surface area (Å²) in [6.07, 6.45) is 0.844.